The maximum atomic E-state index is 12.6. The Morgan fingerprint density at radius 1 is 0.469 bits per heavy atom. The molecule has 143 heavy (non-hydrogen) atoms. The lowest BCUT2D eigenvalue weighted by Crippen LogP contribution is -2.18. The first kappa shape index (κ1) is 105. The first-order chi connectivity index (χ1) is 68.5. The van der Waals surface area contributed by atoms with Gasteiger partial charge in [0.05, 0.1) is 85.3 Å². The summed E-state index contributed by atoms with van der Waals surface area (Å²) in [5.74, 6) is 4.58. The molecule has 0 saturated carbocycles. The Morgan fingerprint density at radius 2 is 0.972 bits per heavy atom. The number of phenolic OH excluding ortho intramolecular Hbond substituents is 9. The van der Waals surface area contributed by atoms with Gasteiger partial charge in [0.1, 0.15) is 101 Å². The number of aromatic hydroxyl groups is 9. The molecule has 0 radical (unpaired) electrons. The minimum absolute atomic E-state index is 0.000680. The van der Waals surface area contributed by atoms with Crippen molar-refractivity contribution >= 4 is 59.4 Å². The van der Waals surface area contributed by atoms with Crippen molar-refractivity contribution in [1.29, 1.82) is 0 Å². The van der Waals surface area contributed by atoms with Crippen molar-refractivity contribution in [3.8, 4) is 204 Å². The number of anilines is 3. The number of phenols is 9. The van der Waals surface area contributed by atoms with E-state index in [1.54, 1.807) is 96.5 Å². The molecule has 0 aliphatic carbocycles. The fourth-order valence-electron chi connectivity index (χ4n) is 17.1. The van der Waals surface area contributed by atoms with Crippen molar-refractivity contribution < 1.29 is 74.4 Å². The van der Waals surface area contributed by atoms with Crippen LogP contribution in [0.1, 0.15) is 139 Å². The fourth-order valence-corrected chi connectivity index (χ4v) is 18.5. The van der Waals surface area contributed by atoms with Crippen LogP contribution in [0.15, 0.2) is 174 Å². The molecule has 0 amide bonds. The molecule has 35 heteroatoms. The van der Waals surface area contributed by atoms with E-state index in [0.29, 0.717) is 135 Å². The van der Waals surface area contributed by atoms with E-state index in [-0.39, 0.29) is 86.8 Å². The van der Waals surface area contributed by atoms with Crippen LogP contribution in [0.3, 0.4) is 0 Å². The lowest BCUT2D eigenvalue weighted by molar-refractivity contribution is -0.137. The summed E-state index contributed by atoms with van der Waals surface area (Å²) in [6.45, 7) is 25.6. The van der Waals surface area contributed by atoms with Crippen molar-refractivity contribution in [2.75, 3.05) is 76.9 Å². The number of nitrogens with one attached hydrogen (secondary N) is 9. The van der Waals surface area contributed by atoms with Gasteiger partial charge in [0.15, 0.2) is 11.6 Å². The van der Waals surface area contributed by atoms with Gasteiger partial charge in [-0.05, 0) is 193 Å². The normalized spacial score (nSPS) is 11.6. The second-order valence-corrected chi connectivity index (χ2v) is 37.3. The monoisotopic (exact) mass is 1990 g/mol. The van der Waals surface area contributed by atoms with Gasteiger partial charge < -0.3 is 85.2 Å². The van der Waals surface area contributed by atoms with Gasteiger partial charge in [-0.15, -0.1) is 11.8 Å². The van der Waals surface area contributed by atoms with Crippen LogP contribution in [0.4, 0.5) is 17.2 Å². The van der Waals surface area contributed by atoms with E-state index in [9.17, 15) is 55.5 Å². The Labute approximate surface area is 842 Å². The molecule has 0 unspecified atom stereocenters. The summed E-state index contributed by atoms with van der Waals surface area (Å²) < 4.78 is 28.6. The number of benzene rings is 10. The Hall–Kier alpha value is -15.8. The second-order valence-electron chi connectivity index (χ2n) is 35.4. The number of H-pyrrole nitrogens is 9. The molecule has 7 heterocycles. The van der Waals surface area contributed by atoms with Crippen LogP contribution in [0.5, 0.6) is 80.5 Å². The number of carbonyl (C=O) groups excluding carboxylic acids is 1. The number of aromatic amines is 9. The van der Waals surface area contributed by atoms with Gasteiger partial charge in [0.25, 0.3) is 5.56 Å². The molecular weight excluding hydrogens is 1870 g/mol. The van der Waals surface area contributed by atoms with Crippen LogP contribution >= 0.6 is 36.2 Å². The minimum Gasteiger partial charge on any atom is -0.508 e. The second kappa shape index (κ2) is 46.1. The third-order valence-corrected chi connectivity index (χ3v) is 26.4. The van der Waals surface area contributed by atoms with E-state index in [1.807, 2.05) is 141 Å². The third kappa shape index (κ3) is 22.8. The fraction of sp³-hybridized carbons (Fsp3) is 0.278. The number of thioether (sulfide) groups is 1. The quantitative estimate of drug-likeness (QED) is 0.00984. The molecule has 0 spiro atoms. The van der Waals surface area contributed by atoms with Gasteiger partial charge in [-0.3, -0.25) is 55.5 Å². The van der Waals surface area contributed by atoms with Gasteiger partial charge in [0, 0.05) is 119 Å². The van der Waals surface area contributed by atoms with Gasteiger partial charge in [0.2, 0.25) is 0 Å². The summed E-state index contributed by atoms with van der Waals surface area (Å²) in [6.07, 6.45) is 6.60. The first-order valence-electron chi connectivity index (χ1n) is 46.8. The molecule has 1 aliphatic heterocycles. The van der Waals surface area contributed by atoms with Crippen molar-refractivity contribution in [3.63, 3.8) is 0 Å². The zero-order valence-electron chi connectivity index (χ0n) is 83.1. The number of methoxy groups -OCH3 is 4. The number of hydrogen-bond acceptors (Lipinski definition) is 26. The topological polar surface area (TPSA) is 489 Å². The van der Waals surface area contributed by atoms with Crippen LogP contribution in [0.2, 0.25) is 0 Å². The number of aryl methyl sites for hydroxylation is 5. The Bertz CT molecular complexity index is 7440. The number of hydrogen-bond donors (Lipinski definition) is 19. The number of aromatic nitrogens is 13. The Kier molecular flexibility index (Phi) is 33.7. The highest BCUT2D eigenvalue weighted by atomic mass is 32.2. The predicted molar refractivity (Wildman–Crippen MR) is 569 cm³/mol. The summed E-state index contributed by atoms with van der Waals surface area (Å²) in [5, 5.41) is 133. The highest BCUT2D eigenvalue weighted by Gasteiger charge is 2.30. The summed E-state index contributed by atoms with van der Waals surface area (Å²) in [4.78, 5) is 33.4. The first-order valence-corrected chi connectivity index (χ1v) is 48.6. The van der Waals surface area contributed by atoms with Crippen LogP contribution in [-0.2, 0) is 24.1 Å². The van der Waals surface area contributed by atoms with E-state index < -0.39 is 0 Å². The molecule has 32 nitrogen and oxygen atoms in total. The Balaban J connectivity index is 0.000000151. The summed E-state index contributed by atoms with van der Waals surface area (Å²) >= 11 is 12.8. The molecule has 1 fully saturated rings. The maximum Gasteiger partial charge on any atom is 0.313 e. The number of carbonyl (C=O) groups is 1. The number of nitrogens with two attached hydrogens (primary N) is 1. The highest BCUT2D eigenvalue weighted by Crippen LogP contribution is 2.51. The number of nitrogens with zero attached hydrogens (tertiary/aromatic N) is 6. The van der Waals surface area contributed by atoms with E-state index in [1.165, 1.54) is 42.2 Å². The maximum absolute atomic E-state index is 12.6. The van der Waals surface area contributed by atoms with E-state index in [4.69, 9.17) is 53.9 Å². The molecule has 6 aromatic heterocycles. The highest BCUT2D eigenvalue weighted by molar-refractivity contribution is 7.99. The molecule has 1 saturated heterocycles. The average Bonchev–Trinajstić information content (AvgIpc) is 1.68. The SMILES string of the molecule is CCCSc1n[nH]c(-c2cc(C(C)C)c(O)cc2O)c1-c1ccc(OC)c(N(C)C)c1.CCc1cc(-c2[nH][nH]c(=O)c2-c2ccccc2-c2ncn[nH]2)c(O)cc1O.CCc1cc(-c2[nH][nH]c(=S)c2-c2ccc(C)cc2C)c(O)cc1O.CCc1cc(-c2[nH]nc(N)c2-c2cc(OC)ccc2OC)c(O)cc1O.COc1ccc(-c2c(-c3cc(C(C)C)c(OC(=O)C(C)C)cc3O)[nH][nH]c2=S)cc1N1CCCC1. The van der Waals surface area contributed by atoms with Crippen molar-refractivity contribution in [2.24, 2.45) is 5.92 Å². The minimum atomic E-state index is -0.339. The smallest absolute Gasteiger partial charge is 0.313 e. The van der Waals surface area contributed by atoms with Crippen LogP contribution in [0.25, 0.3) is 123 Å². The summed E-state index contributed by atoms with van der Waals surface area (Å²) in [7, 11) is 10.4. The number of rotatable bonds is 27. The molecule has 10 aromatic carbocycles. The Morgan fingerprint density at radius 3 is 1.52 bits per heavy atom. The lowest BCUT2D eigenvalue weighted by atomic mass is 9.94. The molecule has 748 valence electrons. The van der Waals surface area contributed by atoms with Crippen molar-refractivity contribution in [2.45, 2.75) is 138 Å². The molecule has 17 rings (SSSR count). The van der Waals surface area contributed by atoms with Crippen LogP contribution in [0, 0.1) is 29.0 Å². The van der Waals surface area contributed by atoms with Crippen molar-refractivity contribution in [3.05, 3.63) is 223 Å². The standard InChI is InChI=1S/C27H33N3O4S.C24H31N3O3S.C19H17N5O3.C19H21N3O4.C19H20N2O2S/c1-15(2)18-13-19(21(31)14-23(18)34-27(32)16(3)4)25-24(26(35)29-28-25)17-8-9-22(33-5)20(12-17)30-10-6-7-11-30;1-7-10-31-24-22(15-8-9-21(30-6)18(11-15)27(4)5)23(25-26-24)17-12-16(14(2)3)19(28)13-20(17)29;1-2-10-7-13(15(26)8-14(10)25)17-16(19(27)24-22-17)11-5-3-4-6-12(11)18-20-9-21-23-18;1-4-10-7-12(15(24)9-14(10)23)18-17(19(20)22-21-18)13-8-11(25-2)5-6-16(13)26-3;1-4-12-8-14(16(23)9-15(12)22)18-17(19(24)21-20-18)13-6-5-10(2)7-11(13)3/h8-9,12-16,31H,6-7,10-11H2,1-5H3,(H2,28,29,35);8-9,11-14,28-29H,7,10H2,1-6H3,(H,25,26);3-9,25-26H,2H2,1H3,(H,20,21,23)(H2,22,24,27);5-9,23-24H,4H2,1-3H3,(H3,20,21,22);5-9,22-23H,4H2,1-3H3,(H2,20,21,24). The number of esters is 1. The van der Waals surface area contributed by atoms with Gasteiger partial charge in [-0.2, -0.15) is 15.3 Å². The van der Waals surface area contributed by atoms with E-state index >= 15 is 0 Å². The van der Waals surface area contributed by atoms with Gasteiger partial charge in [-0.25, -0.2) is 4.98 Å². The van der Waals surface area contributed by atoms with Crippen LogP contribution in [-0.4, -0.2) is 179 Å². The predicted octanol–water partition coefficient (Wildman–Crippen LogP) is 23.4. The van der Waals surface area contributed by atoms with Crippen LogP contribution < -0.4 is 44.8 Å². The molecule has 20 N–H and O–H groups in total. The largest absolute Gasteiger partial charge is 0.508 e. The number of nitrogen functional groups attached to an aromatic ring is 1. The zero-order valence-corrected chi connectivity index (χ0v) is 85.5. The number of ether oxygens (including phenoxy) is 5. The van der Waals surface area contributed by atoms with E-state index in [2.05, 4.69) is 103 Å². The molecule has 16 aromatic rings. The van der Waals surface area contributed by atoms with E-state index in [0.717, 1.165) is 133 Å². The van der Waals surface area contributed by atoms with Crippen molar-refractivity contribution in [1.82, 2.24) is 66.2 Å². The van der Waals surface area contributed by atoms with Gasteiger partial charge >= 0.3 is 5.97 Å². The summed E-state index contributed by atoms with van der Waals surface area (Å²) in [6, 6.07) is 46.7. The molecule has 1 aliphatic rings. The molecular formula is C108H122N16O16S3. The molecule has 0 bridgehead atoms. The summed E-state index contributed by atoms with van der Waals surface area (Å²) in [5.41, 5.74) is 28.1. The molecule has 0 atom stereocenters. The zero-order chi connectivity index (χ0) is 103. The van der Waals surface area contributed by atoms with Gasteiger partial charge in [-0.1, -0.05) is 154 Å². The average molecular weight is 2000 g/mol. The lowest BCUT2D eigenvalue weighted by Gasteiger charge is -2.21. The third-order valence-electron chi connectivity index (χ3n) is 24.6.